The molecule has 1 aromatic carbocycles. The molecule has 0 fully saturated rings. The SMILES string of the molecule is CS(=O)(=O)NCCc1ccc(C(=O)COC(=O)/C=C/c2cc(Br)ccc2F)s1. The van der Waals surface area contributed by atoms with E-state index in [9.17, 15) is 22.4 Å². The minimum Gasteiger partial charge on any atom is -0.454 e. The Hall–Kier alpha value is -1.88. The highest BCUT2D eigenvalue weighted by Gasteiger charge is 2.12. The molecule has 2 aromatic rings. The zero-order valence-electron chi connectivity index (χ0n) is 14.8. The first-order valence-corrected chi connectivity index (χ1v) is 11.5. The molecule has 0 aliphatic rings. The third-order valence-corrected chi connectivity index (χ3v) is 5.78. The summed E-state index contributed by atoms with van der Waals surface area (Å²) in [5, 5.41) is 0. The molecule has 2 rings (SSSR count). The van der Waals surface area contributed by atoms with E-state index in [2.05, 4.69) is 20.7 Å². The van der Waals surface area contributed by atoms with Gasteiger partial charge >= 0.3 is 5.97 Å². The number of carbonyl (C=O) groups is 2. The predicted octanol–water partition coefficient (Wildman–Crippen LogP) is 3.18. The molecule has 0 spiro atoms. The van der Waals surface area contributed by atoms with Crippen molar-refractivity contribution in [2.75, 3.05) is 19.4 Å². The number of thiophene rings is 1. The number of rotatable bonds is 9. The molecule has 0 amide bonds. The van der Waals surface area contributed by atoms with Crippen LogP contribution in [0.1, 0.15) is 20.1 Å². The van der Waals surface area contributed by atoms with Crippen molar-refractivity contribution in [3.63, 3.8) is 0 Å². The van der Waals surface area contributed by atoms with Gasteiger partial charge in [-0.1, -0.05) is 15.9 Å². The van der Waals surface area contributed by atoms with Crippen LogP contribution < -0.4 is 4.72 Å². The molecule has 0 unspecified atom stereocenters. The Morgan fingerprint density at radius 2 is 2.04 bits per heavy atom. The summed E-state index contributed by atoms with van der Waals surface area (Å²) < 4.78 is 43.6. The number of sulfonamides is 1. The van der Waals surface area contributed by atoms with Crippen LogP contribution in [0.25, 0.3) is 6.08 Å². The van der Waals surface area contributed by atoms with Gasteiger partial charge in [-0.15, -0.1) is 11.3 Å². The molecule has 1 aromatic heterocycles. The lowest BCUT2D eigenvalue weighted by molar-refractivity contribution is -0.136. The van der Waals surface area contributed by atoms with Crippen molar-refractivity contribution in [2.45, 2.75) is 6.42 Å². The third kappa shape index (κ3) is 7.63. The first-order chi connectivity index (χ1) is 13.1. The fraction of sp³-hybridized carbons (Fsp3) is 0.222. The van der Waals surface area contributed by atoms with Crippen LogP contribution in [0.2, 0.25) is 0 Å². The average Bonchev–Trinajstić information content (AvgIpc) is 3.08. The van der Waals surface area contributed by atoms with Crippen molar-refractivity contribution in [3.05, 3.63) is 62.0 Å². The molecule has 0 saturated heterocycles. The number of hydrogen-bond donors (Lipinski definition) is 1. The normalized spacial score (nSPS) is 11.7. The van der Waals surface area contributed by atoms with Gasteiger partial charge in [0.25, 0.3) is 0 Å². The topological polar surface area (TPSA) is 89.5 Å². The number of esters is 1. The summed E-state index contributed by atoms with van der Waals surface area (Å²) in [4.78, 5) is 25.1. The van der Waals surface area contributed by atoms with Gasteiger partial charge in [-0.3, -0.25) is 4.79 Å². The van der Waals surface area contributed by atoms with Crippen molar-refractivity contribution < 1.29 is 27.1 Å². The van der Waals surface area contributed by atoms with Crippen LogP contribution >= 0.6 is 27.3 Å². The Morgan fingerprint density at radius 1 is 1.29 bits per heavy atom. The van der Waals surface area contributed by atoms with Crippen molar-refractivity contribution in [2.24, 2.45) is 0 Å². The number of hydrogen-bond acceptors (Lipinski definition) is 6. The molecule has 6 nitrogen and oxygen atoms in total. The Morgan fingerprint density at radius 3 is 2.75 bits per heavy atom. The molecule has 0 aliphatic carbocycles. The summed E-state index contributed by atoms with van der Waals surface area (Å²) in [5.41, 5.74) is 0.211. The van der Waals surface area contributed by atoms with E-state index < -0.39 is 28.4 Å². The lowest BCUT2D eigenvalue weighted by Crippen LogP contribution is -2.24. The fourth-order valence-corrected chi connectivity index (χ4v) is 3.86. The van der Waals surface area contributed by atoms with Gasteiger partial charge in [-0.25, -0.2) is 22.3 Å². The minimum absolute atomic E-state index is 0.211. The highest BCUT2D eigenvalue weighted by Crippen LogP contribution is 2.18. The van der Waals surface area contributed by atoms with E-state index in [1.165, 1.54) is 35.6 Å². The second-order valence-electron chi connectivity index (χ2n) is 5.71. The van der Waals surface area contributed by atoms with E-state index >= 15 is 0 Å². The van der Waals surface area contributed by atoms with Crippen molar-refractivity contribution >= 4 is 55.1 Å². The summed E-state index contributed by atoms with van der Waals surface area (Å²) in [6.45, 7) is -0.204. The van der Waals surface area contributed by atoms with Crippen LogP contribution in [-0.4, -0.2) is 39.6 Å². The van der Waals surface area contributed by atoms with Gasteiger partial charge in [0, 0.05) is 27.5 Å². The summed E-state index contributed by atoms with van der Waals surface area (Å²) in [6, 6.07) is 7.63. The predicted molar refractivity (Wildman–Crippen MR) is 109 cm³/mol. The van der Waals surface area contributed by atoms with Crippen LogP contribution in [0, 0.1) is 5.82 Å². The first-order valence-electron chi connectivity index (χ1n) is 8.00. The molecule has 0 bridgehead atoms. The number of ether oxygens (including phenoxy) is 1. The summed E-state index contributed by atoms with van der Waals surface area (Å²) in [5.74, 6) is -1.62. The second-order valence-corrected chi connectivity index (χ2v) is 9.63. The molecule has 28 heavy (non-hydrogen) atoms. The van der Waals surface area contributed by atoms with Gasteiger partial charge in [0.15, 0.2) is 6.61 Å². The molecular formula is C18H17BrFNO5S2. The van der Waals surface area contributed by atoms with E-state index in [0.717, 1.165) is 17.2 Å². The highest BCUT2D eigenvalue weighted by atomic mass is 79.9. The second kappa shape index (κ2) is 10.1. The molecule has 0 radical (unpaired) electrons. The van der Waals surface area contributed by atoms with Gasteiger partial charge in [-0.05, 0) is 42.8 Å². The third-order valence-electron chi connectivity index (χ3n) is 3.37. The lowest BCUT2D eigenvalue weighted by atomic mass is 10.2. The van der Waals surface area contributed by atoms with Gasteiger partial charge in [-0.2, -0.15) is 0 Å². The molecule has 1 heterocycles. The first kappa shape index (κ1) is 22.4. The quantitative estimate of drug-likeness (QED) is 0.332. The number of nitrogens with one attached hydrogen (secondary N) is 1. The van der Waals surface area contributed by atoms with Crippen molar-refractivity contribution in [3.8, 4) is 0 Å². The van der Waals surface area contributed by atoms with Crippen molar-refractivity contribution in [1.82, 2.24) is 4.72 Å². The molecule has 150 valence electrons. The molecule has 1 N–H and O–H groups in total. The number of carbonyl (C=O) groups excluding carboxylic acids is 2. The van der Waals surface area contributed by atoms with Crippen LogP contribution in [0.15, 0.2) is 40.9 Å². The number of benzene rings is 1. The molecule has 10 heteroatoms. The zero-order chi connectivity index (χ0) is 20.7. The van der Waals surface area contributed by atoms with Gasteiger partial charge in [0.05, 0.1) is 11.1 Å². The van der Waals surface area contributed by atoms with Crippen LogP contribution in [0.5, 0.6) is 0 Å². The summed E-state index contributed by atoms with van der Waals surface area (Å²) in [6.07, 6.45) is 3.84. The average molecular weight is 490 g/mol. The standard InChI is InChI=1S/C18H17BrFNO5S2/c1-28(24,25)21-9-8-14-4-6-17(27-14)16(22)11-26-18(23)7-2-12-10-13(19)3-5-15(12)20/h2-7,10,21H,8-9,11H2,1H3/b7-2+. The Balaban J connectivity index is 1.84. The van der Waals surface area contributed by atoms with E-state index in [0.29, 0.717) is 15.8 Å². The van der Waals surface area contributed by atoms with Crippen LogP contribution in [0.4, 0.5) is 4.39 Å². The Bertz CT molecular complexity index is 1000. The zero-order valence-corrected chi connectivity index (χ0v) is 18.0. The number of Topliss-reactive ketones (excluding diaryl/α,β-unsaturated/α-hetero) is 1. The van der Waals surface area contributed by atoms with E-state index in [1.54, 1.807) is 12.1 Å². The monoisotopic (exact) mass is 489 g/mol. The summed E-state index contributed by atoms with van der Waals surface area (Å²) >= 11 is 4.42. The van der Waals surface area contributed by atoms with E-state index in [1.807, 2.05) is 0 Å². The maximum absolute atomic E-state index is 13.6. The minimum atomic E-state index is -3.26. The van der Waals surface area contributed by atoms with Gasteiger partial charge < -0.3 is 4.74 Å². The van der Waals surface area contributed by atoms with Crippen LogP contribution in [-0.2, 0) is 26.0 Å². The van der Waals surface area contributed by atoms with Crippen LogP contribution in [0.3, 0.4) is 0 Å². The maximum atomic E-state index is 13.6. The fourth-order valence-electron chi connectivity index (χ4n) is 2.08. The maximum Gasteiger partial charge on any atom is 0.331 e. The molecule has 0 saturated carbocycles. The molecule has 0 aliphatic heterocycles. The molecule has 0 atom stereocenters. The number of halogens is 2. The van der Waals surface area contributed by atoms with E-state index in [4.69, 9.17) is 4.74 Å². The van der Waals surface area contributed by atoms with E-state index in [-0.39, 0.29) is 17.9 Å². The smallest absolute Gasteiger partial charge is 0.331 e. The van der Waals surface area contributed by atoms with Gasteiger partial charge in [0.1, 0.15) is 5.82 Å². The largest absolute Gasteiger partial charge is 0.454 e. The number of ketones is 1. The molecular weight excluding hydrogens is 473 g/mol. The van der Waals surface area contributed by atoms with Crippen molar-refractivity contribution in [1.29, 1.82) is 0 Å². The lowest BCUT2D eigenvalue weighted by Gasteiger charge is -2.01. The van der Waals surface area contributed by atoms with Gasteiger partial charge in [0.2, 0.25) is 15.8 Å². The summed E-state index contributed by atoms with van der Waals surface area (Å²) in [7, 11) is -3.26. The Kier molecular flexibility index (Phi) is 8.05. The Labute approximate surface area is 174 Å². The highest BCUT2D eigenvalue weighted by molar-refractivity contribution is 9.10.